The van der Waals surface area contributed by atoms with Gasteiger partial charge in [0.1, 0.15) is 0 Å². The van der Waals surface area contributed by atoms with Crippen LogP contribution in [0, 0.1) is 4.91 Å². The second-order valence-corrected chi connectivity index (χ2v) is 6.68. The summed E-state index contributed by atoms with van der Waals surface area (Å²) in [5, 5.41) is 3.91. The zero-order valence-corrected chi connectivity index (χ0v) is 15.2. The molecule has 0 aliphatic carbocycles. The van der Waals surface area contributed by atoms with Crippen LogP contribution in [-0.2, 0) is 10.4 Å². The SMILES string of the molecule is CN(N=O)c1cccc(C2=CC(c3cc(Cl)cc(Cl)c3)(C(F)(F)F)ON2)c1. The fourth-order valence-corrected chi connectivity index (χ4v) is 3.20. The van der Waals surface area contributed by atoms with Crippen LogP contribution in [0.15, 0.2) is 53.8 Å². The molecule has 27 heavy (non-hydrogen) atoms. The van der Waals surface area contributed by atoms with E-state index in [1.54, 1.807) is 18.2 Å². The summed E-state index contributed by atoms with van der Waals surface area (Å²) in [6.07, 6.45) is -3.89. The standard InChI is InChI=1S/C17H12Cl2F3N3O2/c1-25(24-26)14-4-2-3-10(5-14)15-9-16(27-23-15,17(20,21)22)11-6-12(18)8-13(19)7-11/h2-9,23H,1H3. The summed E-state index contributed by atoms with van der Waals surface area (Å²) < 4.78 is 41.9. The Labute approximate surface area is 162 Å². The van der Waals surface area contributed by atoms with E-state index in [-0.39, 0.29) is 21.3 Å². The van der Waals surface area contributed by atoms with Crippen molar-refractivity contribution in [3.8, 4) is 0 Å². The van der Waals surface area contributed by atoms with Crippen LogP contribution in [0.25, 0.3) is 5.70 Å². The monoisotopic (exact) mass is 417 g/mol. The van der Waals surface area contributed by atoms with Crippen LogP contribution in [0.5, 0.6) is 0 Å². The summed E-state index contributed by atoms with van der Waals surface area (Å²) >= 11 is 11.7. The smallest absolute Gasteiger partial charge is 0.265 e. The third-order valence-corrected chi connectivity index (χ3v) is 4.47. The Morgan fingerprint density at radius 1 is 1.15 bits per heavy atom. The van der Waals surface area contributed by atoms with Crippen molar-refractivity contribution in [2.24, 2.45) is 5.29 Å². The summed E-state index contributed by atoms with van der Waals surface area (Å²) in [7, 11) is 1.42. The minimum atomic E-state index is -4.80. The van der Waals surface area contributed by atoms with E-state index in [9.17, 15) is 18.1 Å². The van der Waals surface area contributed by atoms with Crippen molar-refractivity contribution < 1.29 is 18.0 Å². The number of alkyl halides is 3. The van der Waals surface area contributed by atoms with Gasteiger partial charge in [0, 0.05) is 28.2 Å². The van der Waals surface area contributed by atoms with Gasteiger partial charge in [-0.25, -0.2) is 5.01 Å². The molecule has 10 heteroatoms. The van der Waals surface area contributed by atoms with Crippen LogP contribution in [0.4, 0.5) is 18.9 Å². The molecule has 0 amide bonds. The van der Waals surface area contributed by atoms with Crippen molar-refractivity contribution in [2.45, 2.75) is 11.8 Å². The van der Waals surface area contributed by atoms with Gasteiger partial charge in [-0.1, -0.05) is 35.3 Å². The normalized spacial score (nSPS) is 19.4. The fourth-order valence-electron chi connectivity index (χ4n) is 2.68. The number of nitrogens with zero attached hydrogens (tertiary/aromatic N) is 2. The van der Waals surface area contributed by atoms with Gasteiger partial charge in [0.05, 0.1) is 16.7 Å². The van der Waals surface area contributed by atoms with Crippen molar-refractivity contribution in [2.75, 3.05) is 12.1 Å². The lowest BCUT2D eigenvalue weighted by Crippen LogP contribution is -2.42. The van der Waals surface area contributed by atoms with Gasteiger partial charge in [0.15, 0.2) is 0 Å². The van der Waals surface area contributed by atoms with Crippen molar-refractivity contribution in [3.63, 3.8) is 0 Å². The van der Waals surface area contributed by atoms with E-state index in [0.717, 1.165) is 23.2 Å². The lowest BCUT2D eigenvalue weighted by Gasteiger charge is -2.28. The Kier molecular flexibility index (Phi) is 5.07. The molecule has 1 atom stereocenters. The molecular formula is C17H12Cl2F3N3O2. The number of hydrogen-bond donors (Lipinski definition) is 1. The van der Waals surface area contributed by atoms with Crippen LogP contribution in [0.1, 0.15) is 11.1 Å². The minimum Gasteiger partial charge on any atom is -0.265 e. The highest BCUT2D eigenvalue weighted by molar-refractivity contribution is 6.34. The van der Waals surface area contributed by atoms with Crippen LogP contribution in [-0.4, -0.2) is 13.2 Å². The predicted molar refractivity (Wildman–Crippen MR) is 97.0 cm³/mol. The molecule has 5 nitrogen and oxygen atoms in total. The molecule has 0 radical (unpaired) electrons. The van der Waals surface area contributed by atoms with Crippen molar-refractivity contribution in [1.29, 1.82) is 0 Å². The molecule has 0 bridgehead atoms. The average molecular weight is 418 g/mol. The number of anilines is 1. The van der Waals surface area contributed by atoms with E-state index in [4.69, 9.17) is 28.0 Å². The Bertz CT molecular complexity index is 900. The van der Waals surface area contributed by atoms with E-state index >= 15 is 0 Å². The highest BCUT2D eigenvalue weighted by atomic mass is 35.5. The molecular weight excluding hydrogens is 406 g/mol. The molecule has 1 aliphatic heterocycles. The Balaban J connectivity index is 2.11. The van der Waals surface area contributed by atoms with E-state index in [1.807, 2.05) is 0 Å². The lowest BCUT2D eigenvalue weighted by atomic mass is 9.91. The van der Waals surface area contributed by atoms with Crippen molar-refractivity contribution in [3.05, 3.63) is 74.6 Å². The van der Waals surface area contributed by atoms with E-state index in [0.29, 0.717) is 11.3 Å². The highest BCUT2D eigenvalue weighted by Crippen LogP contribution is 2.48. The van der Waals surface area contributed by atoms with Crippen LogP contribution in [0.3, 0.4) is 0 Å². The van der Waals surface area contributed by atoms with Crippen LogP contribution in [0.2, 0.25) is 10.0 Å². The number of benzene rings is 2. The average Bonchev–Trinajstić information content (AvgIpc) is 3.07. The molecule has 0 fully saturated rings. The molecule has 0 saturated carbocycles. The highest BCUT2D eigenvalue weighted by Gasteiger charge is 2.59. The number of halogens is 5. The summed E-state index contributed by atoms with van der Waals surface area (Å²) in [6.45, 7) is 0. The van der Waals surface area contributed by atoms with Gasteiger partial charge in [-0.3, -0.25) is 10.3 Å². The van der Waals surface area contributed by atoms with Gasteiger partial charge < -0.3 is 0 Å². The Hall–Kier alpha value is -2.29. The van der Waals surface area contributed by atoms with Gasteiger partial charge >= 0.3 is 6.18 Å². The maximum Gasteiger partial charge on any atom is 0.428 e. The largest absolute Gasteiger partial charge is 0.428 e. The first-order valence-electron chi connectivity index (χ1n) is 7.54. The summed E-state index contributed by atoms with van der Waals surface area (Å²) in [6, 6.07) is 9.86. The van der Waals surface area contributed by atoms with Gasteiger partial charge in [-0.2, -0.15) is 13.2 Å². The van der Waals surface area contributed by atoms with E-state index in [1.165, 1.54) is 19.2 Å². The minimum absolute atomic E-state index is 0.0484. The first-order chi connectivity index (χ1) is 12.7. The molecule has 2 aromatic rings. The maximum atomic E-state index is 14.0. The van der Waals surface area contributed by atoms with Gasteiger partial charge in [0.2, 0.25) is 5.60 Å². The molecule has 2 aromatic carbocycles. The summed E-state index contributed by atoms with van der Waals surface area (Å²) in [5.74, 6) is 0. The van der Waals surface area contributed by atoms with Crippen LogP contribution < -0.4 is 10.5 Å². The molecule has 1 aliphatic rings. The molecule has 0 spiro atoms. The van der Waals surface area contributed by atoms with Crippen molar-refractivity contribution in [1.82, 2.24) is 5.48 Å². The topological polar surface area (TPSA) is 53.9 Å². The first-order valence-corrected chi connectivity index (χ1v) is 8.29. The molecule has 1 N–H and O–H groups in total. The van der Waals surface area contributed by atoms with Crippen molar-refractivity contribution >= 4 is 34.6 Å². The quantitative estimate of drug-likeness (QED) is 0.531. The summed E-state index contributed by atoms with van der Waals surface area (Å²) in [4.78, 5) is 15.7. The van der Waals surface area contributed by atoms with Gasteiger partial charge in [0.25, 0.3) is 0 Å². The second-order valence-electron chi connectivity index (χ2n) is 5.81. The molecule has 0 saturated heterocycles. The third kappa shape index (κ3) is 3.60. The number of nitroso groups, excluding NO2 is 1. The van der Waals surface area contributed by atoms with Gasteiger partial charge in [-0.15, -0.1) is 4.91 Å². The number of hydroxylamine groups is 1. The van der Waals surface area contributed by atoms with Crippen LogP contribution >= 0.6 is 23.2 Å². The zero-order chi connectivity index (χ0) is 19.8. The number of hydrogen-bond acceptors (Lipinski definition) is 4. The molecule has 1 heterocycles. The first kappa shape index (κ1) is 19.5. The molecule has 1 unspecified atom stereocenters. The lowest BCUT2D eigenvalue weighted by molar-refractivity contribution is -0.269. The van der Waals surface area contributed by atoms with E-state index in [2.05, 4.69) is 10.8 Å². The second kappa shape index (κ2) is 7.03. The zero-order valence-electron chi connectivity index (χ0n) is 13.7. The Morgan fingerprint density at radius 3 is 2.41 bits per heavy atom. The number of rotatable bonds is 4. The molecule has 3 rings (SSSR count). The molecule has 142 valence electrons. The van der Waals surface area contributed by atoms with E-state index < -0.39 is 11.8 Å². The predicted octanol–water partition coefficient (Wildman–Crippen LogP) is 5.44. The number of nitrogens with one attached hydrogen (secondary N) is 1. The third-order valence-electron chi connectivity index (χ3n) is 4.04. The van der Waals surface area contributed by atoms with Gasteiger partial charge in [-0.05, 0) is 36.4 Å². The maximum absolute atomic E-state index is 14.0. The fraction of sp³-hybridized carbons (Fsp3) is 0.176. The summed E-state index contributed by atoms with van der Waals surface area (Å²) in [5.41, 5.74) is 0.132. The Morgan fingerprint density at radius 2 is 1.81 bits per heavy atom. The molecule has 0 aromatic heterocycles.